The van der Waals surface area contributed by atoms with Gasteiger partial charge in [0.1, 0.15) is 6.04 Å². The smallest absolute Gasteiger partial charge is 0.266 e. The van der Waals surface area contributed by atoms with Crippen molar-refractivity contribution in [3.63, 3.8) is 0 Å². The lowest BCUT2D eigenvalue weighted by molar-refractivity contribution is 0.0257. The maximum Gasteiger partial charge on any atom is 0.266 e. The molecule has 0 aromatic carbocycles. The highest BCUT2D eigenvalue weighted by molar-refractivity contribution is 5.84. The molecule has 0 spiro atoms. The van der Waals surface area contributed by atoms with Crippen LogP contribution in [-0.4, -0.2) is 70.1 Å². The molecule has 1 saturated heterocycles. The molecule has 150 valence electrons. The zero-order chi connectivity index (χ0) is 20.1. The van der Waals surface area contributed by atoms with Crippen molar-refractivity contribution in [1.82, 2.24) is 45.6 Å². The van der Waals surface area contributed by atoms with Crippen LogP contribution in [0, 0.1) is 0 Å². The molecule has 1 aliphatic heterocycles. The molecule has 0 saturated carbocycles. The second-order valence-electron chi connectivity index (χ2n) is 7.93. The van der Waals surface area contributed by atoms with Crippen LogP contribution in [0.4, 0.5) is 20.5 Å². The number of nitrogens with zero attached hydrogens (tertiary/aromatic N) is 9. The van der Waals surface area contributed by atoms with E-state index in [0.29, 0.717) is 28.8 Å². The lowest BCUT2D eigenvalue weighted by Crippen LogP contribution is -2.29. The largest absolute Gasteiger partial charge is 0.350 e. The second-order valence-corrected chi connectivity index (χ2v) is 7.93. The number of halogens is 2. The Morgan fingerprint density at radius 2 is 2.00 bits per heavy atom. The summed E-state index contributed by atoms with van der Waals surface area (Å²) in [5.41, 5.74) is 0.358. The summed E-state index contributed by atoms with van der Waals surface area (Å²) >= 11 is 0. The van der Waals surface area contributed by atoms with Crippen molar-refractivity contribution in [3.05, 3.63) is 5.82 Å². The SMILES string of the molecule is CC(c1nnn[nH]1)n1nc2nc(NC(C)(C)C)nc(N3CCC(F)(F)C3)c2n1. The number of anilines is 2. The number of alkyl halides is 2. The van der Waals surface area contributed by atoms with Crippen molar-refractivity contribution < 1.29 is 8.78 Å². The number of H-pyrrole nitrogens is 1. The summed E-state index contributed by atoms with van der Waals surface area (Å²) in [6.07, 6.45) is -0.227. The maximum atomic E-state index is 13.8. The molecule has 1 unspecified atom stereocenters. The average molecular weight is 393 g/mol. The Morgan fingerprint density at radius 1 is 1.21 bits per heavy atom. The van der Waals surface area contributed by atoms with E-state index in [2.05, 4.69) is 46.1 Å². The minimum Gasteiger partial charge on any atom is -0.350 e. The lowest BCUT2D eigenvalue weighted by Gasteiger charge is -2.22. The number of fused-ring (bicyclic) bond motifs is 1. The number of aromatic nitrogens is 9. The number of hydrogen-bond donors (Lipinski definition) is 2. The number of hydrogen-bond acceptors (Lipinski definition) is 9. The molecule has 4 heterocycles. The molecule has 28 heavy (non-hydrogen) atoms. The summed E-state index contributed by atoms with van der Waals surface area (Å²) in [6, 6.07) is -0.393. The first kappa shape index (κ1) is 18.4. The molecule has 3 aromatic heterocycles. The number of tetrazole rings is 1. The highest BCUT2D eigenvalue weighted by Crippen LogP contribution is 2.33. The van der Waals surface area contributed by atoms with Crippen molar-refractivity contribution in [2.24, 2.45) is 0 Å². The predicted octanol–water partition coefficient (Wildman–Crippen LogP) is 1.40. The molecule has 1 fully saturated rings. The van der Waals surface area contributed by atoms with E-state index < -0.39 is 18.5 Å². The Balaban J connectivity index is 1.80. The summed E-state index contributed by atoms with van der Waals surface area (Å²) < 4.78 is 27.6. The quantitative estimate of drug-likeness (QED) is 0.676. The van der Waals surface area contributed by atoms with Crippen molar-refractivity contribution in [3.8, 4) is 0 Å². The van der Waals surface area contributed by atoms with Crippen molar-refractivity contribution in [1.29, 1.82) is 0 Å². The van der Waals surface area contributed by atoms with Gasteiger partial charge in [0.15, 0.2) is 17.2 Å². The molecular weight excluding hydrogens is 372 g/mol. The van der Waals surface area contributed by atoms with Gasteiger partial charge in [-0.3, -0.25) is 0 Å². The van der Waals surface area contributed by atoms with Gasteiger partial charge >= 0.3 is 0 Å². The van der Waals surface area contributed by atoms with Crippen molar-refractivity contribution >= 4 is 22.9 Å². The number of aromatic amines is 1. The lowest BCUT2D eigenvalue weighted by atomic mass is 10.1. The molecule has 11 nitrogen and oxygen atoms in total. The van der Waals surface area contributed by atoms with E-state index in [0.717, 1.165) is 0 Å². The molecular formula is C15H21F2N11. The first-order chi connectivity index (χ1) is 13.1. The summed E-state index contributed by atoms with van der Waals surface area (Å²) in [5.74, 6) is -1.64. The van der Waals surface area contributed by atoms with Crippen LogP contribution in [0.1, 0.15) is 46.0 Å². The highest BCUT2D eigenvalue weighted by Gasteiger charge is 2.40. The summed E-state index contributed by atoms with van der Waals surface area (Å²) in [6.45, 7) is 7.46. The fourth-order valence-electron chi connectivity index (χ4n) is 2.97. The van der Waals surface area contributed by atoms with Crippen LogP contribution in [0.15, 0.2) is 0 Å². The van der Waals surface area contributed by atoms with Gasteiger partial charge in [-0.05, 0) is 38.1 Å². The monoisotopic (exact) mass is 393 g/mol. The number of rotatable bonds is 4. The average Bonchev–Trinajstić information content (AvgIpc) is 3.30. The number of nitrogens with one attached hydrogen (secondary N) is 2. The third kappa shape index (κ3) is 3.55. The van der Waals surface area contributed by atoms with E-state index in [1.165, 1.54) is 9.70 Å². The van der Waals surface area contributed by atoms with Crippen LogP contribution in [-0.2, 0) is 0 Å². The van der Waals surface area contributed by atoms with E-state index in [1.807, 2.05) is 27.7 Å². The van der Waals surface area contributed by atoms with Gasteiger partial charge in [-0.1, -0.05) is 0 Å². The molecule has 4 rings (SSSR count). The maximum absolute atomic E-state index is 13.8. The zero-order valence-corrected chi connectivity index (χ0v) is 16.0. The van der Waals surface area contributed by atoms with Crippen LogP contribution < -0.4 is 10.2 Å². The molecule has 3 aromatic rings. The topological polar surface area (TPSA) is 126 Å². The van der Waals surface area contributed by atoms with Gasteiger partial charge < -0.3 is 10.2 Å². The van der Waals surface area contributed by atoms with Gasteiger partial charge in [0.2, 0.25) is 11.6 Å². The molecule has 0 aliphatic carbocycles. The van der Waals surface area contributed by atoms with Crippen LogP contribution >= 0.6 is 0 Å². The van der Waals surface area contributed by atoms with Gasteiger partial charge in [0.25, 0.3) is 5.92 Å². The molecule has 13 heteroatoms. The fourth-order valence-corrected chi connectivity index (χ4v) is 2.97. The predicted molar refractivity (Wildman–Crippen MR) is 96.3 cm³/mol. The Hall–Kier alpha value is -2.99. The van der Waals surface area contributed by atoms with E-state index in [9.17, 15) is 8.78 Å². The van der Waals surface area contributed by atoms with Gasteiger partial charge in [0, 0.05) is 18.5 Å². The van der Waals surface area contributed by atoms with Gasteiger partial charge in [-0.15, -0.1) is 15.3 Å². The molecule has 0 radical (unpaired) electrons. The zero-order valence-electron chi connectivity index (χ0n) is 16.0. The second kappa shape index (κ2) is 6.27. The van der Waals surface area contributed by atoms with Crippen LogP contribution in [0.3, 0.4) is 0 Å². The third-order valence-electron chi connectivity index (χ3n) is 4.31. The fraction of sp³-hybridized carbons (Fsp3) is 0.667. The Bertz CT molecular complexity index is 976. The highest BCUT2D eigenvalue weighted by atomic mass is 19.3. The van der Waals surface area contributed by atoms with E-state index in [-0.39, 0.29) is 18.5 Å². The van der Waals surface area contributed by atoms with E-state index in [4.69, 9.17) is 0 Å². The molecule has 1 aliphatic rings. The summed E-state index contributed by atoms with van der Waals surface area (Å²) in [7, 11) is 0. The first-order valence-corrected chi connectivity index (χ1v) is 8.90. The van der Waals surface area contributed by atoms with Crippen LogP contribution in [0.25, 0.3) is 11.2 Å². The standard InChI is InChI=1S/C15H21F2N11/c1-8(10-21-25-26-22-10)28-23-9-11(24-28)18-13(20-14(2,3)4)19-12(9)27-6-5-15(16,17)7-27/h8H,5-7H2,1-4H3,(H,18,20,24)(H,21,22,25,26). The van der Waals surface area contributed by atoms with Gasteiger partial charge in [-0.2, -0.15) is 14.8 Å². The minimum atomic E-state index is -2.76. The Kier molecular flexibility index (Phi) is 4.12. The van der Waals surface area contributed by atoms with E-state index in [1.54, 1.807) is 0 Å². The Morgan fingerprint density at radius 3 is 2.61 bits per heavy atom. The first-order valence-electron chi connectivity index (χ1n) is 8.90. The summed E-state index contributed by atoms with van der Waals surface area (Å²) in [5, 5.41) is 25.7. The van der Waals surface area contributed by atoms with Crippen molar-refractivity contribution in [2.45, 2.75) is 51.6 Å². The molecule has 0 amide bonds. The van der Waals surface area contributed by atoms with Crippen LogP contribution in [0.5, 0.6) is 0 Å². The van der Waals surface area contributed by atoms with Crippen LogP contribution in [0.2, 0.25) is 0 Å². The van der Waals surface area contributed by atoms with E-state index >= 15 is 0 Å². The molecule has 0 bridgehead atoms. The minimum absolute atomic E-state index is 0.183. The summed E-state index contributed by atoms with van der Waals surface area (Å²) in [4.78, 5) is 11.8. The van der Waals surface area contributed by atoms with Crippen molar-refractivity contribution in [2.75, 3.05) is 23.3 Å². The van der Waals surface area contributed by atoms with Gasteiger partial charge in [0.05, 0.1) is 6.54 Å². The molecule has 1 atom stereocenters. The normalized spacial score (nSPS) is 18.0. The third-order valence-corrected chi connectivity index (χ3v) is 4.31. The molecule has 2 N–H and O–H groups in total. The Labute approximate surface area is 158 Å². The van der Waals surface area contributed by atoms with Gasteiger partial charge in [-0.25, -0.2) is 13.9 Å².